The van der Waals surface area contributed by atoms with Gasteiger partial charge in [-0.2, -0.15) is 0 Å². The van der Waals surface area contributed by atoms with E-state index in [2.05, 4.69) is 26.6 Å². The van der Waals surface area contributed by atoms with Crippen molar-refractivity contribution in [1.29, 1.82) is 0 Å². The van der Waals surface area contributed by atoms with E-state index in [9.17, 15) is 14.0 Å². The molecule has 0 bridgehead atoms. The van der Waals surface area contributed by atoms with Gasteiger partial charge < -0.3 is 10.6 Å². The molecule has 2 aromatic rings. The molecule has 0 fully saturated rings. The van der Waals surface area contributed by atoms with Gasteiger partial charge >= 0.3 is 0 Å². The monoisotopic (exact) mass is 378 g/mol. The van der Waals surface area contributed by atoms with Crippen LogP contribution in [0.1, 0.15) is 28.9 Å². The van der Waals surface area contributed by atoms with Crippen LogP contribution in [0.25, 0.3) is 0 Å². The molecule has 4 nitrogen and oxygen atoms in total. The molecule has 0 radical (unpaired) electrons. The molecule has 0 aliphatic heterocycles. The molecular weight excluding hydrogens is 363 g/mol. The van der Waals surface area contributed by atoms with Crippen LogP contribution in [-0.4, -0.2) is 18.4 Å². The van der Waals surface area contributed by atoms with Gasteiger partial charge in [-0.05, 0) is 36.8 Å². The van der Waals surface area contributed by atoms with E-state index in [0.29, 0.717) is 0 Å². The van der Waals surface area contributed by atoms with Gasteiger partial charge in [0.25, 0.3) is 5.91 Å². The summed E-state index contributed by atoms with van der Waals surface area (Å²) in [4.78, 5) is 23.7. The average molecular weight is 379 g/mol. The van der Waals surface area contributed by atoms with E-state index in [-0.39, 0.29) is 24.1 Å². The van der Waals surface area contributed by atoms with Gasteiger partial charge in [-0.1, -0.05) is 40.2 Å². The van der Waals surface area contributed by atoms with Gasteiger partial charge in [-0.3, -0.25) is 9.59 Å². The highest BCUT2D eigenvalue weighted by Gasteiger charge is 2.13. The van der Waals surface area contributed by atoms with Gasteiger partial charge in [0.15, 0.2) is 0 Å². The van der Waals surface area contributed by atoms with E-state index in [1.54, 1.807) is 6.07 Å². The predicted molar refractivity (Wildman–Crippen MR) is 89.4 cm³/mol. The maximum Gasteiger partial charge on any atom is 0.254 e. The summed E-state index contributed by atoms with van der Waals surface area (Å²) in [6, 6.07) is 13.0. The lowest BCUT2D eigenvalue weighted by Crippen LogP contribution is -2.38. The van der Waals surface area contributed by atoms with E-state index in [1.165, 1.54) is 18.2 Å². The summed E-state index contributed by atoms with van der Waals surface area (Å²) in [5, 5.41) is 5.18. The van der Waals surface area contributed by atoms with E-state index < -0.39 is 11.7 Å². The molecule has 2 aromatic carbocycles. The van der Waals surface area contributed by atoms with Crippen molar-refractivity contribution in [3.63, 3.8) is 0 Å². The van der Waals surface area contributed by atoms with E-state index >= 15 is 0 Å². The van der Waals surface area contributed by atoms with Gasteiger partial charge in [0.05, 0.1) is 18.2 Å². The molecule has 6 heteroatoms. The van der Waals surface area contributed by atoms with Crippen molar-refractivity contribution < 1.29 is 14.0 Å². The summed E-state index contributed by atoms with van der Waals surface area (Å²) in [7, 11) is 0. The summed E-state index contributed by atoms with van der Waals surface area (Å²) in [5.41, 5.74) is 0.864. The number of nitrogens with one attached hydrogen (secondary N) is 2. The second-order valence-corrected chi connectivity index (χ2v) is 5.92. The number of hydrogen-bond acceptors (Lipinski definition) is 2. The molecule has 2 amide bonds. The van der Waals surface area contributed by atoms with Gasteiger partial charge in [0.2, 0.25) is 5.91 Å². The molecule has 0 aromatic heterocycles. The smallest absolute Gasteiger partial charge is 0.254 e. The van der Waals surface area contributed by atoms with Gasteiger partial charge in [-0.15, -0.1) is 0 Å². The van der Waals surface area contributed by atoms with Crippen LogP contribution in [0.2, 0.25) is 0 Å². The Labute approximate surface area is 142 Å². The molecule has 2 N–H and O–H groups in total. The largest absolute Gasteiger partial charge is 0.348 e. The number of hydrogen-bond donors (Lipinski definition) is 2. The van der Waals surface area contributed by atoms with Crippen LogP contribution in [0, 0.1) is 5.82 Å². The van der Waals surface area contributed by atoms with Crippen LogP contribution in [0.5, 0.6) is 0 Å². The predicted octanol–water partition coefficient (Wildman–Crippen LogP) is 3.20. The molecule has 1 unspecified atom stereocenters. The van der Waals surface area contributed by atoms with Crippen molar-refractivity contribution in [3.8, 4) is 0 Å². The van der Waals surface area contributed by atoms with Gasteiger partial charge in [-0.25, -0.2) is 4.39 Å². The zero-order valence-electron chi connectivity index (χ0n) is 12.5. The topological polar surface area (TPSA) is 58.2 Å². The lowest BCUT2D eigenvalue weighted by Gasteiger charge is -2.15. The number of carbonyl (C=O) groups is 2. The molecule has 0 heterocycles. The minimum absolute atomic E-state index is 0.0822. The van der Waals surface area contributed by atoms with Crippen molar-refractivity contribution in [1.82, 2.24) is 10.6 Å². The first-order valence-electron chi connectivity index (χ1n) is 7.05. The zero-order valence-corrected chi connectivity index (χ0v) is 14.1. The molecule has 0 aliphatic rings. The first-order chi connectivity index (χ1) is 11.0. The SMILES string of the molecule is CC(NC(=O)CNC(=O)c1ccccc1F)c1ccc(Br)cc1. The Kier molecular flexibility index (Phi) is 5.87. The third-order valence-electron chi connectivity index (χ3n) is 3.28. The molecule has 0 spiro atoms. The Morgan fingerprint density at radius 2 is 1.78 bits per heavy atom. The van der Waals surface area contributed by atoms with Crippen molar-refractivity contribution in [2.24, 2.45) is 0 Å². The van der Waals surface area contributed by atoms with Crippen LogP contribution in [-0.2, 0) is 4.79 Å². The Morgan fingerprint density at radius 1 is 1.13 bits per heavy atom. The minimum Gasteiger partial charge on any atom is -0.348 e. The lowest BCUT2D eigenvalue weighted by molar-refractivity contribution is -0.120. The minimum atomic E-state index is -0.617. The Balaban J connectivity index is 1.86. The summed E-state index contributed by atoms with van der Waals surface area (Å²) in [6.45, 7) is 1.63. The van der Waals surface area contributed by atoms with Crippen LogP contribution >= 0.6 is 15.9 Å². The maximum absolute atomic E-state index is 13.5. The van der Waals surface area contributed by atoms with Crippen molar-refractivity contribution in [3.05, 3.63) is 69.9 Å². The number of amides is 2. The second kappa shape index (κ2) is 7.87. The second-order valence-electron chi connectivity index (χ2n) is 5.00. The van der Waals surface area contributed by atoms with Crippen molar-refractivity contribution >= 4 is 27.7 Å². The first kappa shape index (κ1) is 17.1. The van der Waals surface area contributed by atoms with Crippen LogP contribution < -0.4 is 10.6 Å². The fourth-order valence-corrected chi connectivity index (χ4v) is 2.29. The fraction of sp³-hybridized carbons (Fsp3) is 0.176. The normalized spacial score (nSPS) is 11.6. The molecular formula is C17H16BrFN2O2. The Bertz CT molecular complexity index is 704. The standard InChI is InChI=1S/C17H16BrFN2O2/c1-11(12-6-8-13(18)9-7-12)21-16(22)10-20-17(23)14-4-2-3-5-15(14)19/h2-9,11H,10H2,1H3,(H,20,23)(H,21,22). The van der Waals surface area contributed by atoms with Crippen LogP contribution in [0.4, 0.5) is 4.39 Å². The molecule has 0 saturated carbocycles. The first-order valence-corrected chi connectivity index (χ1v) is 7.84. The number of carbonyl (C=O) groups excluding carboxylic acids is 2. The van der Waals surface area contributed by atoms with Gasteiger partial charge in [0.1, 0.15) is 5.82 Å². The summed E-state index contributed by atoms with van der Waals surface area (Å²) < 4.78 is 14.4. The Hall–Kier alpha value is -2.21. The quantitative estimate of drug-likeness (QED) is 0.839. The highest BCUT2D eigenvalue weighted by Crippen LogP contribution is 2.16. The maximum atomic E-state index is 13.5. The molecule has 0 aliphatic carbocycles. The fourth-order valence-electron chi connectivity index (χ4n) is 2.03. The van der Waals surface area contributed by atoms with E-state index in [0.717, 1.165) is 10.0 Å². The van der Waals surface area contributed by atoms with Gasteiger partial charge in [0, 0.05) is 4.47 Å². The molecule has 2 rings (SSSR count). The third kappa shape index (κ3) is 4.89. The zero-order chi connectivity index (χ0) is 16.8. The molecule has 120 valence electrons. The van der Waals surface area contributed by atoms with E-state index in [4.69, 9.17) is 0 Å². The summed E-state index contributed by atoms with van der Waals surface area (Å²) in [6.07, 6.45) is 0. The molecule has 1 atom stereocenters. The molecule has 0 saturated heterocycles. The number of rotatable bonds is 5. The molecule has 23 heavy (non-hydrogen) atoms. The number of benzene rings is 2. The van der Waals surface area contributed by atoms with Crippen molar-refractivity contribution in [2.45, 2.75) is 13.0 Å². The highest BCUT2D eigenvalue weighted by molar-refractivity contribution is 9.10. The third-order valence-corrected chi connectivity index (χ3v) is 3.80. The van der Waals surface area contributed by atoms with Crippen LogP contribution in [0.15, 0.2) is 53.0 Å². The van der Waals surface area contributed by atoms with Crippen LogP contribution in [0.3, 0.4) is 0 Å². The van der Waals surface area contributed by atoms with E-state index in [1.807, 2.05) is 31.2 Å². The van der Waals surface area contributed by atoms with Crippen molar-refractivity contribution in [2.75, 3.05) is 6.54 Å². The average Bonchev–Trinajstić information content (AvgIpc) is 2.53. The highest BCUT2D eigenvalue weighted by atomic mass is 79.9. The summed E-state index contributed by atoms with van der Waals surface area (Å²) in [5.74, 6) is -1.58. The summed E-state index contributed by atoms with van der Waals surface area (Å²) >= 11 is 3.35. The lowest BCUT2D eigenvalue weighted by atomic mass is 10.1. The Morgan fingerprint density at radius 3 is 2.43 bits per heavy atom. The number of halogens is 2.